The summed E-state index contributed by atoms with van der Waals surface area (Å²) in [6.45, 7) is 0.587. The number of anilines is 1. The van der Waals surface area contributed by atoms with E-state index in [4.69, 9.17) is 5.73 Å². The zero-order valence-electron chi connectivity index (χ0n) is 9.46. The summed E-state index contributed by atoms with van der Waals surface area (Å²) in [5.74, 6) is -0.0869. The summed E-state index contributed by atoms with van der Waals surface area (Å²) >= 11 is 1.62. The highest BCUT2D eigenvalue weighted by Crippen LogP contribution is 2.14. The van der Waals surface area contributed by atoms with Crippen LogP contribution in [0.15, 0.2) is 35.3 Å². The number of nitrogen functional groups attached to an aromatic ring is 1. The molecule has 88 valence electrons. The number of amides is 1. The van der Waals surface area contributed by atoms with E-state index < -0.39 is 0 Å². The van der Waals surface area contributed by atoms with Crippen molar-refractivity contribution >= 4 is 22.9 Å². The Bertz CT molecular complexity index is 510. The van der Waals surface area contributed by atoms with Crippen LogP contribution < -0.4 is 5.73 Å². The largest absolute Gasteiger partial charge is 0.397 e. The number of nitrogens with two attached hydrogens (primary N) is 1. The van der Waals surface area contributed by atoms with Crippen LogP contribution in [0.5, 0.6) is 0 Å². The van der Waals surface area contributed by atoms with Crippen LogP contribution in [0, 0.1) is 0 Å². The number of pyridine rings is 1. The molecule has 4 nitrogen and oxygen atoms in total. The van der Waals surface area contributed by atoms with Gasteiger partial charge in [0.2, 0.25) is 0 Å². The molecule has 0 spiro atoms. The molecule has 0 aliphatic carbocycles. The fourth-order valence-electron chi connectivity index (χ4n) is 1.54. The van der Waals surface area contributed by atoms with Gasteiger partial charge in [0.15, 0.2) is 0 Å². The third-order valence-electron chi connectivity index (χ3n) is 2.43. The zero-order chi connectivity index (χ0) is 12.3. The molecule has 2 aromatic heterocycles. The Balaban J connectivity index is 2.13. The number of hydrogen-bond donors (Lipinski definition) is 1. The number of thiophene rings is 1. The predicted octanol–water partition coefficient (Wildman–Crippen LogP) is 2.00. The topological polar surface area (TPSA) is 59.2 Å². The number of rotatable bonds is 3. The summed E-state index contributed by atoms with van der Waals surface area (Å²) in [5, 5.41) is 4.02. The van der Waals surface area contributed by atoms with E-state index in [1.165, 1.54) is 6.20 Å². The summed E-state index contributed by atoms with van der Waals surface area (Å²) in [6, 6.07) is 3.64. The number of hydrogen-bond acceptors (Lipinski definition) is 4. The van der Waals surface area contributed by atoms with Crippen molar-refractivity contribution in [1.29, 1.82) is 0 Å². The first-order valence-corrected chi connectivity index (χ1v) is 6.09. The first-order valence-electron chi connectivity index (χ1n) is 5.14. The van der Waals surface area contributed by atoms with Crippen LogP contribution in [-0.4, -0.2) is 22.8 Å². The Hall–Kier alpha value is -1.88. The second kappa shape index (κ2) is 4.97. The second-order valence-corrected chi connectivity index (χ2v) is 4.54. The number of nitrogens with zero attached hydrogens (tertiary/aromatic N) is 2. The standard InChI is InChI=1S/C12H13N3OS/c1-15(7-9-3-5-17-8-9)12(16)10-2-4-14-6-11(10)13/h2-6,8H,7,13H2,1H3. The van der Waals surface area contributed by atoms with E-state index in [-0.39, 0.29) is 5.91 Å². The van der Waals surface area contributed by atoms with Crippen molar-refractivity contribution in [3.63, 3.8) is 0 Å². The quantitative estimate of drug-likeness (QED) is 0.902. The lowest BCUT2D eigenvalue weighted by atomic mass is 10.2. The van der Waals surface area contributed by atoms with Crippen LogP contribution in [0.1, 0.15) is 15.9 Å². The number of aromatic nitrogens is 1. The van der Waals surface area contributed by atoms with Gasteiger partial charge in [-0.1, -0.05) is 0 Å². The van der Waals surface area contributed by atoms with E-state index in [2.05, 4.69) is 4.98 Å². The molecule has 1 amide bonds. The summed E-state index contributed by atoms with van der Waals surface area (Å²) < 4.78 is 0. The molecule has 0 radical (unpaired) electrons. The molecule has 2 rings (SSSR count). The van der Waals surface area contributed by atoms with Crippen LogP contribution in [-0.2, 0) is 6.54 Å². The molecule has 0 aliphatic rings. The van der Waals surface area contributed by atoms with Gasteiger partial charge in [-0.15, -0.1) is 0 Å². The average molecular weight is 247 g/mol. The van der Waals surface area contributed by atoms with Crippen LogP contribution in [0.25, 0.3) is 0 Å². The van der Waals surface area contributed by atoms with Crippen molar-refractivity contribution in [1.82, 2.24) is 9.88 Å². The Morgan fingerprint density at radius 3 is 3.00 bits per heavy atom. The van der Waals surface area contributed by atoms with E-state index in [9.17, 15) is 4.79 Å². The first kappa shape index (κ1) is 11.6. The SMILES string of the molecule is CN(Cc1ccsc1)C(=O)c1ccncc1N. The molecule has 2 aromatic rings. The molecular formula is C12H13N3OS. The van der Waals surface area contributed by atoms with E-state index in [0.717, 1.165) is 5.56 Å². The van der Waals surface area contributed by atoms with Crippen molar-refractivity contribution < 1.29 is 4.79 Å². The zero-order valence-corrected chi connectivity index (χ0v) is 10.3. The van der Waals surface area contributed by atoms with Gasteiger partial charge in [0.1, 0.15) is 0 Å². The molecule has 2 N–H and O–H groups in total. The van der Waals surface area contributed by atoms with E-state index in [1.54, 1.807) is 35.5 Å². The third kappa shape index (κ3) is 2.62. The molecule has 0 aliphatic heterocycles. The maximum atomic E-state index is 12.1. The summed E-state index contributed by atoms with van der Waals surface area (Å²) in [7, 11) is 1.76. The highest BCUT2D eigenvalue weighted by atomic mass is 32.1. The van der Waals surface area contributed by atoms with Crippen LogP contribution in [0.2, 0.25) is 0 Å². The van der Waals surface area contributed by atoms with Gasteiger partial charge in [0.05, 0.1) is 17.4 Å². The molecule has 0 aromatic carbocycles. The Labute approximate surface area is 104 Å². The molecule has 0 unspecified atom stereocenters. The fraction of sp³-hybridized carbons (Fsp3) is 0.167. The van der Waals surface area contributed by atoms with Gasteiger partial charge in [0, 0.05) is 19.8 Å². The highest BCUT2D eigenvalue weighted by molar-refractivity contribution is 7.07. The number of carbonyl (C=O) groups excluding carboxylic acids is 1. The fourth-order valence-corrected chi connectivity index (χ4v) is 2.20. The minimum absolute atomic E-state index is 0.0869. The Kier molecular flexibility index (Phi) is 3.39. The molecule has 17 heavy (non-hydrogen) atoms. The predicted molar refractivity (Wildman–Crippen MR) is 68.8 cm³/mol. The Morgan fingerprint density at radius 2 is 2.35 bits per heavy atom. The Morgan fingerprint density at radius 1 is 1.53 bits per heavy atom. The molecule has 0 bridgehead atoms. The molecular weight excluding hydrogens is 234 g/mol. The van der Waals surface area contributed by atoms with Gasteiger partial charge >= 0.3 is 0 Å². The summed E-state index contributed by atoms with van der Waals surface area (Å²) in [6.07, 6.45) is 3.06. The van der Waals surface area contributed by atoms with Crippen LogP contribution in [0.4, 0.5) is 5.69 Å². The first-order chi connectivity index (χ1) is 8.18. The van der Waals surface area contributed by atoms with E-state index >= 15 is 0 Å². The molecule has 0 saturated heterocycles. The summed E-state index contributed by atoms with van der Waals surface area (Å²) in [5.41, 5.74) is 7.76. The lowest BCUT2D eigenvalue weighted by Crippen LogP contribution is -2.26. The lowest BCUT2D eigenvalue weighted by Gasteiger charge is -2.17. The lowest BCUT2D eigenvalue weighted by molar-refractivity contribution is 0.0786. The van der Waals surface area contributed by atoms with Crippen molar-refractivity contribution in [3.8, 4) is 0 Å². The average Bonchev–Trinajstić information content (AvgIpc) is 2.81. The van der Waals surface area contributed by atoms with Gasteiger partial charge in [-0.3, -0.25) is 9.78 Å². The van der Waals surface area contributed by atoms with Gasteiger partial charge in [0.25, 0.3) is 5.91 Å². The molecule has 2 heterocycles. The van der Waals surface area contributed by atoms with Crippen molar-refractivity contribution in [3.05, 3.63) is 46.4 Å². The van der Waals surface area contributed by atoms with Gasteiger partial charge in [-0.05, 0) is 28.5 Å². The van der Waals surface area contributed by atoms with E-state index in [1.807, 2.05) is 16.8 Å². The van der Waals surface area contributed by atoms with Gasteiger partial charge in [-0.2, -0.15) is 11.3 Å². The number of carbonyl (C=O) groups is 1. The smallest absolute Gasteiger partial charge is 0.256 e. The second-order valence-electron chi connectivity index (χ2n) is 3.76. The van der Waals surface area contributed by atoms with Crippen LogP contribution >= 0.6 is 11.3 Å². The van der Waals surface area contributed by atoms with Crippen molar-refractivity contribution in [2.24, 2.45) is 0 Å². The van der Waals surface area contributed by atoms with Crippen molar-refractivity contribution in [2.45, 2.75) is 6.54 Å². The molecule has 0 atom stereocenters. The van der Waals surface area contributed by atoms with Gasteiger partial charge < -0.3 is 10.6 Å². The van der Waals surface area contributed by atoms with Crippen LogP contribution in [0.3, 0.4) is 0 Å². The monoisotopic (exact) mass is 247 g/mol. The third-order valence-corrected chi connectivity index (χ3v) is 3.16. The van der Waals surface area contributed by atoms with Crippen molar-refractivity contribution in [2.75, 3.05) is 12.8 Å². The molecule has 0 saturated carbocycles. The summed E-state index contributed by atoms with van der Waals surface area (Å²) in [4.78, 5) is 17.6. The maximum Gasteiger partial charge on any atom is 0.256 e. The minimum Gasteiger partial charge on any atom is -0.397 e. The molecule has 5 heteroatoms. The maximum absolute atomic E-state index is 12.1. The normalized spacial score (nSPS) is 10.2. The molecule has 0 fully saturated rings. The van der Waals surface area contributed by atoms with E-state index in [0.29, 0.717) is 17.8 Å². The highest BCUT2D eigenvalue weighted by Gasteiger charge is 2.14. The van der Waals surface area contributed by atoms with Gasteiger partial charge in [-0.25, -0.2) is 0 Å². The minimum atomic E-state index is -0.0869.